The minimum atomic E-state index is -0.870. The molecule has 0 aliphatic carbocycles. The zero-order valence-electron chi connectivity index (χ0n) is 11.7. The number of carboxylic acid groups (broad SMARTS) is 1. The fraction of sp³-hybridized carbons (Fsp3) is 0.235. The van der Waals surface area contributed by atoms with Crippen LogP contribution < -0.4 is 5.32 Å². The highest BCUT2D eigenvalue weighted by Crippen LogP contribution is 2.32. The van der Waals surface area contributed by atoms with Crippen molar-refractivity contribution >= 4 is 5.97 Å². The molecule has 0 saturated carbocycles. The molecule has 2 N–H and O–H groups in total. The van der Waals surface area contributed by atoms with Crippen LogP contribution in [-0.4, -0.2) is 17.6 Å². The summed E-state index contributed by atoms with van der Waals surface area (Å²) in [6.45, 7) is 0.334. The number of aliphatic carboxylic acids is 1. The van der Waals surface area contributed by atoms with Gasteiger partial charge in [0.2, 0.25) is 0 Å². The predicted molar refractivity (Wildman–Crippen MR) is 78.3 cm³/mol. The molecule has 1 fully saturated rings. The van der Waals surface area contributed by atoms with E-state index in [0.717, 1.165) is 11.1 Å². The Bertz CT molecular complexity index is 700. The van der Waals surface area contributed by atoms with E-state index in [4.69, 9.17) is 5.11 Å². The average Bonchev–Trinajstić information content (AvgIpc) is 2.99. The van der Waals surface area contributed by atoms with Crippen LogP contribution in [0.3, 0.4) is 0 Å². The van der Waals surface area contributed by atoms with Crippen molar-refractivity contribution in [2.75, 3.05) is 6.54 Å². The summed E-state index contributed by atoms with van der Waals surface area (Å²) in [7, 11) is 0. The van der Waals surface area contributed by atoms with Crippen molar-refractivity contribution in [2.24, 2.45) is 5.92 Å². The molecule has 0 amide bonds. The summed E-state index contributed by atoms with van der Waals surface area (Å²) >= 11 is 0. The van der Waals surface area contributed by atoms with Crippen LogP contribution in [0.5, 0.6) is 0 Å². The van der Waals surface area contributed by atoms with E-state index in [1.54, 1.807) is 24.3 Å². The van der Waals surface area contributed by atoms with Crippen LogP contribution in [-0.2, 0) is 4.79 Å². The van der Waals surface area contributed by atoms with Gasteiger partial charge >= 0.3 is 5.97 Å². The molecule has 3 nitrogen and oxygen atoms in total. The van der Waals surface area contributed by atoms with Gasteiger partial charge in [-0.3, -0.25) is 4.79 Å². The molecule has 1 aliphatic heterocycles. The third-order valence-electron chi connectivity index (χ3n) is 4.03. The SMILES string of the molecule is O=C(O)C1CNC(c2cc(-c3ccc(F)cc3)ccc2F)C1. The molecule has 0 aromatic heterocycles. The van der Waals surface area contributed by atoms with Gasteiger partial charge in [0.25, 0.3) is 0 Å². The number of carbonyl (C=O) groups is 1. The summed E-state index contributed by atoms with van der Waals surface area (Å²) in [6.07, 6.45) is 0.360. The Morgan fingerprint density at radius 3 is 2.41 bits per heavy atom. The maximum Gasteiger partial charge on any atom is 0.307 e. The maximum absolute atomic E-state index is 14.1. The van der Waals surface area contributed by atoms with Crippen LogP contribution in [0.1, 0.15) is 18.0 Å². The molecule has 5 heteroatoms. The molecule has 0 bridgehead atoms. The third kappa shape index (κ3) is 2.85. The predicted octanol–water partition coefficient (Wildman–Crippen LogP) is 3.37. The Kier molecular flexibility index (Phi) is 3.90. The molecule has 1 aliphatic rings. The van der Waals surface area contributed by atoms with Crippen molar-refractivity contribution in [3.05, 3.63) is 59.7 Å². The van der Waals surface area contributed by atoms with Gasteiger partial charge in [-0.2, -0.15) is 0 Å². The Morgan fingerprint density at radius 2 is 1.77 bits per heavy atom. The standard InChI is InChI=1S/C17H15F2NO2/c18-13-4-1-10(2-5-13)11-3-6-15(19)14(7-11)16-8-12(9-20-16)17(21)22/h1-7,12,16,20H,8-9H2,(H,21,22). The second-order valence-electron chi connectivity index (χ2n) is 5.47. The minimum Gasteiger partial charge on any atom is -0.481 e. The number of carboxylic acids is 1. The molecule has 0 spiro atoms. The molecule has 114 valence electrons. The van der Waals surface area contributed by atoms with Gasteiger partial charge in [-0.15, -0.1) is 0 Å². The van der Waals surface area contributed by atoms with E-state index in [-0.39, 0.29) is 17.7 Å². The van der Waals surface area contributed by atoms with Crippen LogP contribution in [0.15, 0.2) is 42.5 Å². The number of benzene rings is 2. The van der Waals surface area contributed by atoms with Gasteiger partial charge in [0.1, 0.15) is 11.6 Å². The smallest absolute Gasteiger partial charge is 0.307 e. The van der Waals surface area contributed by atoms with E-state index in [1.807, 2.05) is 0 Å². The van der Waals surface area contributed by atoms with Gasteiger partial charge < -0.3 is 10.4 Å². The number of rotatable bonds is 3. The highest BCUT2D eigenvalue weighted by Gasteiger charge is 2.31. The molecule has 2 aromatic carbocycles. The normalized spacial score (nSPS) is 21.0. The summed E-state index contributed by atoms with van der Waals surface area (Å²) in [5.74, 6) is -2.06. The number of nitrogens with one attached hydrogen (secondary N) is 1. The molecule has 2 atom stereocenters. The van der Waals surface area contributed by atoms with Crippen molar-refractivity contribution in [3.63, 3.8) is 0 Å². The van der Waals surface area contributed by atoms with Gasteiger partial charge in [-0.05, 0) is 41.8 Å². The van der Waals surface area contributed by atoms with Crippen LogP contribution in [0.25, 0.3) is 11.1 Å². The topological polar surface area (TPSA) is 49.3 Å². The van der Waals surface area contributed by atoms with Gasteiger partial charge in [-0.1, -0.05) is 18.2 Å². The van der Waals surface area contributed by atoms with Crippen molar-refractivity contribution in [1.82, 2.24) is 5.32 Å². The van der Waals surface area contributed by atoms with Crippen LogP contribution in [0.4, 0.5) is 8.78 Å². The first-order valence-electron chi connectivity index (χ1n) is 7.06. The number of hydrogen-bond acceptors (Lipinski definition) is 2. The fourth-order valence-corrected chi connectivity index (χ4v) is 2.79. The largest absolute Gasteiger partial charge is 0.481 e. The van der Waals surface area contributed by atoms with E-state index < -0.39 is 11.9 Å². The van der Waals surface area contributed by atoms with E-state index in [1.165, 1.54) is 18.2 Å². The van der Waals surface area contributed by atoms with Crippen molar-refractivity contribution < 1.29 is 18.7 Å². The maximum atomic E-state index is 14.1. The first-order valence-corrected chi connectivity index (χ1v) is 7.06. The first kappa shape index (κ1) is 14.7. The number of halogens is 2. The van der Waals surface area contributed by atoms with Gasteiger partial charge in [0, 0.05) is 18.2 Å². The summed E-state index contributed by atoms with van der Waals surface area (Å²) in [5.41, 5.74) is 2.01. The summed E-state index contributed by atoms with van der Waals surface area (Å²) in [5, 5.41) is 12.1. The van der Waals surface area contributed by atoms with Gasteiger partial charge in [-0.25, -0.2) is 8.78 Å². The number of hydrogen-bond donors (Lipinski definition) is 2. The van der Waals surface area contributed by atoms with Crippen molar-refractivity contribution in [3.8, 4) is 11.1 Å². The van der Waals surface area contributed by atoms with E-state index in [2.05, 4.69) is 5.32 Å². The Labute approximate surface area is 126 Å². The Hall–Kier alpha value is -2.27. The molecule has 2 aromatic rings. The molecular formula is C17H15F2NO2. The monoisotopic (exact) mass is 303 g/mol. The lowest BCUT2D eigenvalue weighted by atomic mass is 9.96. The average molecular weight is 303 g/mol. The highest BCUT2D eigenvalue weighted by atomic mass is 19.1. The Morgan fingerprint density at radius 1 is 1.09 bits per heavy atom. The molecule has 3 rings (SSSR count). The zero-order valence-corrected chi connectivity index (χ0v) is 11.7. The minimum absolute atomic E-state index is 0.318. The van der Waals surface area contributed by atoms with E-state index >= 15 is 0 Å². The van der Waals surface area contributed by atoms with Crippen LogP contribution in [0.2, 0.25) is 0 Å². The van der Waals surface area contributed by atoms with E-state index in [0.29, 0.717) is 18.5 Å². The lowest BCUT2D eigenvalue weighted by Gasteiger charge is -2.14. The van der Waals surface area contributed by atoms with Gasteiger partial charge in [0.15, 0.2) is 0 Å². The molecule has 2 unspecified atom stereocenters. The first-order chi connectivity index (χ1) is 10.5. The second-order valence-corrected chi connectivity index (χ2v) is 5.47. The Balaban J connectivity index is 1.91. The fourth-order valence-electron chi connectivity index (χ4n) is 2.79. The lowest BCUT2D eigenvalue weighted by molar-refractivity contribution is -0.141. The van der Waals surface area contributed by atoms with Crippen LogP contribution >= 0.6 is 0 Å². The lowest BCUT2D eigenvalue weighted by Crippen LogP contribution is -2.17. The second kappa shape index (κ2) is 5.85. The molecule has 22 heavy (non-hydrogen) atoms. The van der Waals surface area contributed by atoms with Crippen molar-refractivity contribution in [1.29, 1.82) is 0 Å². The molecular weight excluding hydrogens is 288 g/mol. The third-order valence-corrected chi connectivity index (χ3v) is 4.03. The van der Waals surface area contributed by atoms with Crippen molar-refractivity contribution in [2.45, 2.75) is 12.5 Å². The summed E-state index contributed by atoms with van der Waals surface area (Å²) < 4.78 is 27.1. The van der Waals surface area contributed by atoms with Gasteiger partial charge in [0.05, 0.1) is 5.92 Å². The van der Waals surface area contributed by atoms with E-state index in [9.17, 15) is 13.6 Å². The summed E-state index contributed by atoms with van der Waals surface area (Å²) in [4.78, 5) is 11.0. The molecule has 0 radical (unpaired) electrons. The zero-order chi connectivity index (χ0) is 15.7. The quantitative estimate of drug-likeness (QED) is 0.914. The highest BCUT2D eigenvalue weighted by molar-refractivity contribution is 5.71. The summed E-state index contributed by atoms with van der Waals surface area (Å²) in [6, 6.07) is 10.4. The van der Waals surface area contributed by atoms with Crippen LogP contribution in [0, 0.1) is 17.6 Å². The molecule has 1 saturated heterocycles. The molecule has 1 heterocycles.